The van der Waals surface area contributed by atoms with Crippen LogP contribution < -0.4 is 5.32 Å². The van der Waals surface area contributed by atoms with E-state index >= 15 is 0 Å². The molecule has 0 radical (unpaired) electrons. The van der Waals surface area contributed by atoms with Gasteiger partial charge in [-0.2, -0.15) is 0 Å². The molecule has 0 spiro atoms. The molecule has 0 saturated heterocycles. The molecule has 0 aliphatic carbocycles. The number of methoxy groups -OCH3 is 2. The van der Waals surface area contributed by atoms with Crippen LogP contribution >= 0.6 is 0 Å². The Labute approximate surface area is 108 Å². The van der Waals surface area contributed by atoms with E-state index in [9.17, 15) is 4.79 Å². The Morgan fingerprint density at radius 1 is 1.22 bits per heavy atom. The molecule has 1 aromatic carbocycles. The van der Waals surface area contributed by atoms with Crippen molar-refractivity contribution in [1.29, 1.82) is 0 Å². The van der Waals surface area contributed by atoms with Crippen LogP contribution in [0.25, 0.3) is 0 Å². The molecule has 100 valence electrons. The highest BCUT2D eigenvalue weighted by Crippen LogP contribution is 2.15. The van der Waals surface area contributed by atoms with Gasteiger partial charge in [-0.3, -0.25) is 4.79 Å². The minimum Gasteiger partial charge on any atom is -0.469 e. The summed E-state index contributed by atoms with van der Waals surface area (Å²) in [6.07, 6.45) is 0. The second kappa shape index (κ2) is 7.01. The summed E-state index contributed by atoms with van der Waals surface area (Å²) in [7, 11) is 3.08. The quantitative estimate of drug-likeness (QED) is 0.789. The van der Waals surface area contributed by atoms with Gasteiger partial charge in [0.25, 0.3) is 0 Å². The average molecular weight is 251 g/mol. The fourth-order valence-corrected chi connectivity index (χ4v) is 1.64. The van der Waals surface area contributed by atoms with Crippen LogP contribution in [0, 0.1) is 5.92 Å². The van der Waals surface area contributed by atoms with Gasteiger partial charge in [0.05, 0.1) is 19.6 Å². The summed E-state index contributed by atoms with van der Waals surface area (Å²) in [5.41, 5.74) is 2.11. The Kier molecular flexibility index (Phi) is 5.65. The molecule has 0 bridgehead atoms. The standard InChI is InChI=1S/C14H21NO3/c1-10(14(16)18-4)11(2)15-13-7-5-12(6-8-13)9-17-3/h5-8,10-11,15H,9H2,1-4H3. The summed E-state index contributed by atoms with van der Waals surface area (Å²) in [6, 6.07) is 7.98. The number of rotatable bonds is 6. The van der Waals surface area contributed by atoms with E-state index in [-0.39, 0.29) is 17.9 Å². The summed E-state index contributed by atoms with van der Waals surface area (Å²) in [4.78, 5) is 11.4. The molecule has 2 atom stereocenters. The van der Waals surface area contributed by atoms with E-state index in [1.165, 1.54) is 7.11 Å². The van der Waals surface area contributed by atoms with Gasteiger partial charge in [-0.25, -0.2) is 0 Å². The van der Waals surface area contributed by atoms with Crippen molar-refractivity contribution >= 4 is 11.7 Å². The van der Waals surface area contributed by atoms with Crippen molar-refractivity contribution < 1.29 is 14.3 Å². The zero-order valence-corrected chi connectivity index (χ0v) is 11.4. The van der Waals surface area contributed by atoms with Crippen molar-refractivity contribution in [1.82, 2.24) is 0 Å². The normalized spacial score (nSPS) is 13.8. The molecule has 0 fully saturated rings. The molecule has 0 aromatic heterocycles. The molecule has 0 aliphatic rings. The van der Waals surface area contributed by atoms with E-state index in [0.717, 1.165) is 11.3 Å². The monoisotopic (exact) mass is 251 g/mol. The molecule has 1 N–H and O–H groups in total. The number of esters is 1. The maximum Gasteiger partial charge on any atom is 0.310 e. The number of anilines is 1. The molecule has 1 aromatic rings. The van der Waals surface area contributed by atoms with Gasteiger partial charge in [-0.1, -0.05) is 12.1 Å². The van der Waals surface area contributed by atoms with Gasteiger partial charge >= 0.3 is 5.97 Å². The Bertz CT molecular complexity index is 375. The fourth-order valence-electron chi connectivity index (χ4n) is 1.64. The van der Waals surface area contributed by atoms with Crippen molar-refractivity contribution in [3.63, 3.8) is 0 Å². The molecule has 4 heteroatoms. The Balaban J connectivity index is 2.58. The SMILES string of the molecule is COCc1ccc(NC(C)C(C)C(=O)OC)cc1. The Morgan fingerprint density at radius 2 is 1.83 bits per heavy atom. The number of carbonyl (C=O) groups excluding carboxylic acids is 1. The first-order chi connectivity index (χ1) is 8.58. The molecule has 4 nitrogen and oxygen atoms in total. The minimum atomic E-state index is -0.203. The van der Waals surface area contributed by atoms with Crippen molar-refractivity contribution in [2.24, 2.45) is 5.92 Å². The van der Waals surface area contributed by atoms with E-state index in [2.05, 4.69) is 5.32 Å². The van der Waals surface area contributed by atoms with Crippen LogP contribution in [0.1, 0.15) is 19.4 Å². The molecule has 0 aliphatic heterocycles. The molecular formula is C14H21NO3. The first-order valence-corrected chi connectivity index (χ1v) is 6.00. The van der Waals surface area contributed by atoms with Gasteiger partial charge in [-0.15, -0.1) is 0 Å². The highest BCUT2D eigenvalue weighted by Gasteiger charge is 2.20. The maximum absolute atomic E-state index is 11.4. The number of hydrogen-bond donors (Lipinski definition) is 1. The van der Waals surface area contributed by atoms with Crippen LogP contribution in [-0.2, 0) is 20.9 Å². The summed E-state index contributed by atoms with van der Waals surface area (Å²) in [6.45, 7) is 4.42. The maximum atomic E-state index is 11.4. The van der Waals surface area contributed by atoms with E-state index in [0.29, 0.717) is 6.61 Å². The molecular weight excluding hydrogens is 230 g/mol. The van der Waals surface area contributed by atoms with Crippen molar-refractivity contribution in [2.75, 3.05) is 19.5 Å². The van der Waals surface area contributed by atoms with Crippen molar-refractivity contribution in [2.45, 2.75) is 26.5 Å². The van der Waals surface area contributed by atoms with Gasteiger partial charge in [0.15, 0.2) is 0 Å². The second-order valence-corrected chi connectivity index (χ2v) is 4.37. The highest BCUT2D eigenvalue weighted by molar-refractivity contribution is 5.73. The zero-order valence-electron chi connectivity index (χ0n) is 11.4. The Hall–Kier alpha value is -1.55. The summed E-state index contributed by atoms with van der Waals surface area (Å²) < 4.78 is 9.78. The van der Waals surface area contributed by atoms with Gasteiger partial charge < -0.3 is 14.8 Å². The lowest BCUT2D eigenvalue weighted by Crippen LogP contribution is -2.30. The first-order valence-electron chi connectivity index (χ1n) is 6.00. The molecule has 0 heterocycles. The topological polar surface area (TPSA) is 47.6 Å². The average Bonchev–Trinajstić information content (AvgIpc) is 2.39. The van der Waals surface area contributed by atoms with Crippen LogP contribution in [0.5, 0.6) is 0 Å². The fraction of sp³-hybridized carbons (Fsp3) is 0.500. The van der Waals surface area contributed by atoms with E-state index in [1.807, 2.05) is 38.1 Å². The van der Waals surface area contributed by atoms with Gasteiger partial charge in [0.2, 0.25) is 0 Å². The first kappa shape index (κ1) is 14.5. The predicted octanol–water partition coefficient (Wildman–Crippen LogP) is 2.44. The predicted molar refractivity (Wildman–Crippen MR) is 71.4 cm³/mol. The van der Waals surface area contributed by atoms with Crippen LogP contribution in [0.15, 0.2) is 24.3 Å². The van der Waals surface area contributed by atoms with Crippen LogP contribution in [-0.4, -0.2) is 26.2 Å². The lowest BCUT2D eigenvalue weighted by molar-refractivity contribution is -0.145. The highest BCUT2D eigenvalue weighted by atomic mass is 16.5. The van der Waals surface area contributed by atoms with E-state index < -0.39 is 0 Å². The number of nitrogens with one attached hydrogen (secondary N) is 1. The Morgan fingerprint density at radius 3 is 2.33 bits per heavy atom. The molecule has 18 heavy (non-hydrogen) atoms. The smallest absolute Gasteiger partial charge is 0.310 e. The van der Waals surface area contributed by atoms with E-state index in [1.54, 1.807) is 7.11 Å². The zero-order chi connectivity index (χ0) is 13.5. The van der Waals surface area contributed by atoms with Crippen molar-refractivity contribution in [3.05, 3.63) is 29.8 Å². The summed E-state index contributed by atoms with van der Waals surface area (Å²) >= 11 is 0. The molecule has 0 amide bonds. The number of ether oxygens (including phenoxy) is 2. The third-order valence-corrected chi connectivity index (χ3v) is 2.98. The van der Waals surface area contributed by atoms with Crippen LogP contribution in [0.4, 0.5) is 5.69 Å². The summed E-state index contributed by atoms with van der Waals surface area (Å²) in [5, 5.41) is 3.28. The minimum absolute atomic E-state index is 0.0192. The largest absolute Gasteiger partial charge is 0.469 e. The molecule has 2 unspecified atom stereocenters. The number of hydrogen-bond acceptors (Lipinski definition) is 4. The second-order valence-electron chi connectivity index (χ2n) is 4.37. The van der Waals surface area contributed by atoms with Crippen molar-refractivity contribution in [3.8, 4) is 0 Å². The lowest BCUT2D eigenvalue weighted by Gasteiger charge is -2.20. The number of carbonyl (C=O) groups is 1. The third-order valence-electron chi connectivity index (χ3n) is 2.98. The van der Waals surface area contributed by atoms with Gasteiger partial charge in [-0.05, 0) is 31.5 Å². The molecule has 0 saturated carbocycles. The van der Waals surface area contributed by atoms with Crippen LogP contribution in [0.2, 0.25) is 0 Å². The van der Waals surface area contributed by atoms with Crippen LogP contribution in [0.3, 0.4) is 0 Å². The van der Waals surface area contributed by atoms with Gasteiger partial charge in [0, 0.05) is 18.8 Å². The van der Waals surface area contributed by atoms with E-state index in [4.69, 9.17) is 9.47 Å². The molecule has 1 rings (SSSR count). The lowest BCUT2D eigenvalue weighted by atomic mass is 10.0. The van der Waals surface area contributed by atoms with Gasteiger partial charge in [0.1, 0.15) is 0 Å². The summed E-state index contributed by atoms with van der Waals surface area (Å²) in [5.74, 6) is -0.389. The number of benzene rings is 1. The third kappa shape index (κ3) is 4.04.